The molecule has 0 bridgehead atoms. The van der Waals surface area contributed by atoms with Gasteiger partial charge in [-0.3, -0.25) is 5.10 Å². The van der Waals surface area contributed by atoms with Gasteiger partial charge >= 0.3 is 0 Å². The molecule has 3 aromatic rings. The minimum absolute atomic E-state index is 0.150. The molecule has 0 radical (unpaired) electrons. The van der Waals surface area contributed by atoms with Crippen LogP contribution in [0, 0.1) is 0 Å². The molecule has 0 saturated carbocycles. The van der Waals surface area contributed by atoms with Gasteiger partial charge in [-0.2, -0.15) is 5.10 Å². The van der Waals surface area contributed by atoms with Crippen molar-refractivity contribution in [2.45, 2.75) is 0 Å². The van der Waals surface area contributed by atoms with Crippen LogP contribution in [0.5, 0.6) is 11.5 Å². The number of aromatic hydroxyl groups is 2. The summed E-state index contributed by atoms with van der Waals surface area (Å²) in [7, 11) is 0. The zero-order valence-corrected chi connectivity index (χ0v) is 11.1. The quantitative estimate of drug-likeness (QED) is 0.628. The molecule has 4 nitrogen and oxygen atoms in total. The maximum Gasteiger partial charge on any atom is 0.158 e. The number of benzene rings is 2. The Bertz CT molecular complexity index is 768. The summed E-state index contributed by atoms with van der Waals surface area (Å²) in [5.74, 6) is -0.315. The molecule has 100 valence electrons. The Kier molecular flexibility index (Phi) is 3.08. The zero-order valence-electron chi connectivity index (χ0n) is 10.3. The van der Waals surface area contributed by atoms with E-state index < -0.39 is 0 Å². The number of H-pyrrole nitrogens is 1. The van der Waals surface area contributed by atoms with Crippen LogP contribution in [0.1, 0.15) is 0 Å². The van der Waals surface area contributed by atoms with E-state index in [1.807, 2.05) is 24.3 Å². The van der Waals surface area contributed by atoms with Crippen LogP contribution >= 0.6 is 11.6 Å². The Morgan fingerprint density at radius 2 is 1.75 bits per heavy atom. The largest absolute Gasteiger partial charge is 0.504 e. The molecule has 0 aliphatic rings. The third-order valence-corrected chi connectivity index (χ3v) is 3.22. The molecule has 0 atom stereocenters. The average molecular weight is 287 g/mol. The lowest BCUT2D eigenvalue weighted by Crippen LogP contribution is -1.78. The average Bonchev–Trinajstić information content (AvgIpc) is 2.92. The van der Waals surface area contributed by atoms with Crippen LogP contribution in [-0.4, -0.2) is 20.4 Å². The fraction of sp³-hybridized carbons (Fsp3) is 0. The topological polar surface area (TPSA) is 69.1 Å². The highest BCUT2D eigenvalue weighted by Gasteiger charge is 2.08. The Balaban J connectivity index is 1.99. The van der Waals surface area contributed by atoms with Crippen molar-refractivity contribution in [3.8, 4) is 34.0 Å². The lowest BCUT2D eigenvalue weighted by Gasteiger charge is -2.00. The maximum absolute atomic E-state index is 9.52. The SMILES string of the molecule is Oc1ccc(-c2cc(-c3cccc(Cl)c3)n[nH]2)cc1O. The number of halogens is 1. The lowest BCUT2D eigenvalue weighted by molar-refractivity contribution is 0.404. The predicted octanol–water partition coefficient (Wildman–Crippen LogP) is 3.81. The van der Waals surface area contributed by atoms with Gasteiger partial charge in [0.1, 0.15) is 0 Å². The van der Waals surface area contributed by atoms with Gasteiger partial charge in [-0.05, 0) is 36.4 Å². The van der Waals surface area contributed by atoms with E-state index in [1.165, 1.54) is 12.1 Å². The second-order valence-electron chi connectivity index (χ2n) is 4.38. The standard InChI is InChI=1S/C15H11ClN2O2/c16-11-3-1-2-9(6-11)12-8-13(18-17-12)10-4-5-14(19)15(20)7-10/h1-8,19-20H,(H,17,18). The zero-order chi connectivity index (χ0) is 14.1. The van der Waals surface area contributed by atoms with Crippen molar-refractivity contribution in [2.24, 2.45) is 0 Å². The molecular weight excluding hydrogens is 276 g/mol. The van der Waals surface area contributed by atoms with Gasteiger partial charge in [-0.15, -0.1) is 0 Å². The Morgan fingerprint density at radius 1 is 0.900 bits per heavy atom. The maximum atomic E-state index is 9.52. The summed E-state index contributed by atoms with van der Waals surface area (Å²) >= 11 is 5.96. The molecule has 0 unspecified atom stereocenters. The van der Waals surface area contributed by atoms with E-state index in [4.69, 9.17) is 11.6 Å². The van der Waals surface area contributed by atoms with Crippen LogP contribution < -0.4 is 0 Å². The highest BCUT2D eigenvalue weighted by atomic mass is 35.5. The third kappa shape index (κ3) is 2.33. The van der Waals surface area contributed by atoms with Crippen molar-refractivity contribution in [2.75, 3.05) is 0 Å². The van der Waals surface area contributed by atoms with Crippen molar-refractivity contribution in [3.63, 3.8) is 0 Å². The first-order valence-corrected chi connectivity index (χ1v) is 6.35. The second-order valence-corrected chi connectivity index (χ2v) is 4.82. The molecule has 20 heavy (non-hydrogen) atoms. The van der Waals surface area contributed by atoms with Crippen LogP contribution in [0.25, 0.3) is 22.5 Å². The number of hydrogen-bond donors (Lipinski definition) is 3. The number of rotatable bonds is 2. The third-order valence-electron chi connectivity index (χ3n) is 2.98. The second kappa shape index (κ2) is 4.90. The summed E-state index contributed by atoms with van der Waals surface area (Å²) in [6, 6.07) is 13.9. The van der Waals surface area contributed by atoms with E-state index in [-0.39, 0.29) is 11.5 Å². The van der Waals surface area contributed by atoms with Crippen molar-refractivity contribution in [1.82, 2.24) is 10.2 Å². The van der Waals surface area contributed by atoms with E-state index in [0.29, 0.717) is 5.02 Å². The Labute approximate surface area is 120 Å². The fourth-order valence-electron chi connectivity index (χ4n) is 1.96. The molecule has 0 saturated heterocycles. The summed E-state index contributed by atoms with van der Waals surface area (Å²) in [4.78, 5) is 0. The summed E-state index contributed by atoms with van der Waals surface area (Å²) in [6.45, 7) is 0. The minimum atomic E-state index is -0.165. The number of aromatic amines is 1. The number of hydrogen-bond acceptors (Lipinski definition) is 3. The molecular formula is C15H11ClN2O2. The van der Waals surface area contributed by atoms with Gasteiger partial charge < -0.3 is 10.2 Å². The number of nitrogens with one attached hydrogen (secondary N) is 1. The van der Waals surface area contributed by atoms with Gasteiger partial charge in [0.25, 0.3) is 0 Å². The van der Waals surface area contributed by atoms with E-state index >= 15 is 0 Å². The van der Waals surface area contributed by atoms with Gasteiger partial charge in [0.05, 0.1) is 11.4 Å². The molecule has 0 spiro atoms. The van der Waals surface area contributed by atoms with Gasteiger partial charge in [-0.25, -0.2) is 0 Å². The summed E-state index contributed by atoms with van der Waals surface area (Å²) in [6.07, 6.45) is 0. The molecule has 0 fully saturated rings. The first kappa shape index (κ1) is 12.6. The van der Waals surface area contributed by atoms with Crippen molar-refractivity contribution < 1.29 is 10.2 Å². The molecule has 0 aliphatic heterocycles. The highest BCUT2D eigenvalue weighted by Crippen LogP contribution is 2.31. The molecule has 1 heterocycles. The van der Waals surface area contributed by atoms with Gasteiger partial charge in [0.2, 0.25) is 0 Å². The summed E-state index contributed by atoms with van der Waals surface area (Å²) < 4.78 is 0. The van der Waals surface area contributed by atoms with Gasteiger partial charge in [0, 0.05) is 16.1 Å². The molecule has 0 amide bonds. The molecule has 1 aromatic heterocycles. The van der Waals surface area contributed by atoms with Crippen LogP contribution in [0.15, 0.2) is 48.5 Å². The van der Waals surface area contributed by atoms with Crippen LogP contribution in [0.3, 0.4) is 0 Å². The molecule has 3 rings (SSSR count). The first-order chi connectivity index (χ1) is 9.63. The van der Waals surface area contributed by atoms with E-state index in [9.17, 15) is 10.2 Å². The van der Waals surface area contributed by atoms with Gasteiger partial charge in [0.15, 0.2) is 11.5 Å². The Hall–Kier alpha value is -2.46. The molecule has 2 aromatic carbocycles. The normalized spacial score (nSPS) is 10.7. The summed E-state index contributed by atoms with van der Waals surface area (Å²) in [5, 5.41) is 26.6. The van der Waals surface area contributed by atoms with Crippen LogP contribution in [0.4, 0.5) is 0 Å². The van der Waals surface area contributed by atoms with E-state index in [0.717, 1.165) is 22.5 Å². The predicted molar refractivity (Wildman–Crippen MR) is 77.8 cm³/mol. The molecule has 3 N–H and O–H groups in total. The summed E-state index contributed by atoms with van der Waals surface area (Å²) in [5.41, 5.74) is 3.15. The molecule has 5 heteroatoms. The van der Waals surface area contributed by atoms with Crippen LogP contribution in [0.2, 0.25) is 5.02 Å². The van der Waals surface area contributed by atoms with Crippen molar-refractivity contribution in [1.29, 1.82) is 0 Å². The van der Waals surface area contributed by atoms with Gasteiger partial charge in [-0.1, -0.05) is 23.7 Å². The molecule has 0 aliphatic carbocycles. The van der Waals surface area contributed by atoms with Crippen molar-refractivity contribution >= 4 is 11.6 Å². The fourth-order valence-corrected chi connectivity index (χ4v) is 2.15. The van der Waals surface area contributed by atoms with Crippen molar-refractivity contribution in [3.05, 3.63) is 53.6 Å². The van der Waals surface area contributed by atoms with Crippen LogP contribution in [-0.2, 0) is 0 Å². The lowest BCUT2D eigenvalue weighted by atomic mass is 10.1. The number of aromatic nitrogens is 2. The van der Waals surface area contributed by atoms with E-state index in [2.05, 4.69) is 10.2 Å². The number of phenols is 2. The smallest absolute Gasteiger partial charge is 0.158 e. The Morgan fingerprint density at radius 3 is 2.50 bits per heavy atom. The monoisotopic (exact) mass is 286 g/mol. The number of phenolic OH excluding ortho intramolecular Hbond substituents is 2. The first-order valence-electron chi connectivity index (χ1n) is 5.97. The highest BCUT2D eigenvalue weighted by molar-refractivity contribution is 6.30. The minimum Gasteiger partial charge on any atom is -0.504 e. The van der Waals surface area contributed by atoms with E-state index in [1.54, 1.807) is 12.1 Å². The number of nitrogens with zero attached hydrogens (tertiary/aromatic N) is 1.